The molecule has 0 amide bonds. The SMILES string of the molecule is CN=C(NCc1ccccc1OCCN(C)C)N(C)Cc1ncc(-c2ccccc2)[nH]1.I. The molecule has 32 heavy (non-hydrogen) atoms. The molecule has 0 aliphatic carbocycles. The number of hydrogen-bond acceptors (Lipinski definition) is 4. The second-order valence-electron chi connectivity index (χ2n) is 7.63. The van der Waals surface area contributed by atoms with E-state index in [2.05, 4.69) is 43.4 Å². The van der Waals surface area contributed by atoms with E-state index in [1.807, 2.05) is 68.6 Å². The van der Waals surface area contributed by atoms with Gasteiger partial charge in [0.05, 0.1) is 18.4 Å². The Morgan fingerprint density at radius 1 is 1.06 bits per heavy atom. The average molecular weight is 548 g/mol. The van der Waals surface area contributed by atoms with Crippen LogP contribution in [0, 0.1) is 0 Å². The first-order valence-electron chi connectivity index (χ1n) is 10.4. The fraction of sp³-hybridized carbons (Fsp3) is 0.333. The summed E-state index contributed by atoms with van der Waals surface area (Å²) in [6, 6.07) is 18.3. The number of imidazole rings is 1. The van der Waals surface area contributed by atoms with Crippen molar-refractivity contribution in [3.8, 4) is 17.0 Å². The predicted molar refractivity (Wildman–Crippen MR) is 142 cm³/mol. The number of H-pyrrole nitrogens is 1. The van der Waals surface area contributed by atoms with Gasteiger partial charge in [-0.1, -0.05) is 48.5 Å². The first kappa shape index (κ1) is 25.7. The summed E-state index contributed by atoms with van der Waals surface area (Å²) in [5.74, 6) is 2.57. The molecule has 0 saturated carbocycles. The summed E-state index contributed by atoms with van der Waals surface area (Å²) in [5, 5.41) is 3.43. The maximum atomic E-state index is 5.96. The van der Waals surface area contributed by atoms with Gasteiger partial charge in [-0.3, -0.25) is 4.99 Å². The highest BCUT2D eigenvalue weighted by atomic mass is 127. The number of hydrogen-bond donors (Lipinski definition) is 2. The zero-order valence-electron chi connectivity index (χ0n) is 19.2. The van der Waals surface area contributed by atoms with Gasteiger partial charge in [0, 0.05) is 32.7 Å². The Morgan fingerprint density at radius 3 is 2.50 bits per heavy atom. The summed E-state index contributed by atoms with van der Waals surface area (Å²) in [7, 11) is 7.87. The minimum atomic E-state index is 0. The third-order valence-electron chi connectivity index (χ3n) is 4.88. The van der Waals surface area contributed by atoms with Crippen LogP contribution in [0.25, 0.3) is 11.3 Å². The van der Waals surface area contributed by atoms with E-state index in [1.54, 1.807) is 7.05 Å². The molecule has 1 heterocycles. The highest BCUT2D eigenvalue weighted by Crippen LogP contribution is 2.18. The van der Waals surface area contributed by atoms with Crippen LogP contribution in [0.5, 0.6) is 5.75 Å². The van der Waals surface area contributed by atoms with Gasteiger partial charge in [-0.15, -0.1) is 24.0 Å². The standard InChI is InChI=1S/C24H32N6O.HI/c1-25-24(27-16-20-12-8-9-13-22(20)31-15-14-29(2)3)30(4)18-23-26-17-21(28-23)19-10-6-5-7-11-19;/h5-13,17H,14-16,18H2,1-4H3,(H,25,27)(H,26,28);1H. The second kappa shape index (κ2) is 13.1. The number of likely N-dealkylation sites (N-methyl/N-ethyl adjacent to an activating group) is 1. The lowest BCUT2D eigenvalue weighted by molar-refractivity contribution is 0.259. The van der Waals surface area contributed by atoms with Gasteiger partial charge in [-0.05, 0) is 25.7 Å². The Kier molecular flexibility index (Phi) is 10.5. The number of nitrogens with one attached hydrogen (secondary N) is 2. The van der Waals surface area contributed by atoms with Crippen molar-refractivity contribution in [1.29, 1.82) is 0 Å². The molecule has 2 N–H and O–H groups in total. The van der Waals surface area contributed by atoms with Crippen molar-refractivity contribution in [3.63, 3.8) is 0 Å². The van der Waals surface area contributed by atoms with E-state index >= 15 is 0 Å². The Bertz CT molecular complexity index is 973. The maximum Gasteiger partial charge on any atom is 0.194 e. The van der Waals surface area contributed by atoms with Crippen molar-refractivity contribution in [2.45, 2.75) is 13.1 Å². The molecule has 7 nitrogen and oxygen atoms in total. The van der Waals surface area contributed by atoms with Crippen molar-refractivity contribution in [1.82, 2.24) is 25.1 Å². The molecule has 3 aromatic rings. The summed E-state index contributed by atoms with van der Waals surface area (Å²) >= 11 is 0. The maximum absolute atomic E-state index is 5.96. The van der Waals surface area contributed by atoms with Crippen LogP contribution in [-0.2, 0) is 13.1 Å². The lowest BCUT2D eigenvalue weighted by atomic mass is 10.2. The van der Waals surface area contributed by atoms with Gasteiger partial charge in [0.1, 0.15) is 18.2 Å². The molecule has 8 heteroatoms. The molecule has 2 aromatic carbocycles. The van der Waals surface area contributed by atoms with Gasteiger partial charge in [-0.2, -0.15) is 0 Å². The average Bonchev–Trinajstić information content (AvgIpc) is 3.24. The van der Waals surface area contributed by atoms with Crippen molar-refractivity contribution < 1.29 is 4.74 Å². The monoisotopic (exact) mass is 548 g/mol. The topological polar surface area (TPSA) is 68.8 Å². The number of para-hydroxylation sites is 1. The molecule has 0 atom stereocenters. The number of rotatable bonds is 9. The fourth-order valence-electron chi connectivity index (χ4n) is 3.19. The number of benzene rings is 2. The number of nitrogens with zero attached hydrogens (tertiary/aromatic N) is 4. The number of guanidine groups is 1. The van der Waals surface area contributed by atoms with E-state index in [4.69, 9.17) is 4.74 Å². The van der Waals surface area contributed by atoms with Crippen LogP contribution in [0.15, 0.2) is 65.8 Å². The van der Waals surface area contributed by atoms with Gasteiger partial charge in [0.2, 0.25) is 0 Å². The van der Waals surface area contributed by atoms with Crippen LogP contribution >= 0.6 is 24.0 Å². The highest BCUT2D eigenvalue weighted by Gasteiger charge is 2.11. The molecule has 0 fully saturated rings. The first-order valence-corrected chi connectivity index (χ1v) is 10.4. The molecule has 0 spiro atoms. The lowest BCUT2D eigenvalue weighted by Crippen LogP contribution is -2.38. The fourth-order valence-corrected chi connectivity index (χ4v) is 3.19. The van der Waals surface area contributed by atoms with E-state index < -0.39 is 0 Å². The Morgan fingerprint density at radius 2 is 1.78 bits per heavy atom. The summed E-state index contributed by atoms with van der Waals surface area (Å²) in [6.45, 7) is 2.78. The minimum Gasteiger partial charge on any atom is -0.492 e. The van der Waals surface area contributed by atoms with Crippen LogP contribution < -0.4 is 10.1 Å². The number of aliphatic imine (C=N–C) groups is 1. The van der Waals surface area contributed by atoms with Gasteiger partial charge in [0.15, 0.2) is 5.96 Å². The van der Waals surface area contributed by atoms with Crippen LogP contribution in [0.4, 0.5) is 0 Å². The smallest absolute Gasteiger partial charge is 0.194 e. The number of ether oxygens (including phenoxy) is 1. The van der Waals surface area contributed by atoms with Crippen molar-refractivity contribution >= 4 is 29.9 Å². The molecule has 0 bridgehead atoms. The summed E-state index contributed by atoms with van der Waals surface area (Å²) in [4.78, 5) is 16.5. The third-order valence-corrected chi connectivity index (χ3v) is 4.88. The predicted octanol–water partition coefficient (Wildman–Crippen LogP) is 3.84. The van der Waals surface area contributed by atoms with Gasteiger partial charge in [0.25, 0.3) is 0 Å². The number of aromatic amines is 1. The van der Waals surface area contributed by atoms with E-state index in [0.717, 1.165) is 40.9 Å². The van der Waals surface area contributed by atoms with Crippen LogP contribution in [0.3, 0.4) is 0 Å². The van der Waals surface area contributed by atoms with Gasteiger partial charge < -0.3 is 24.8 Å². The van der Waals surface area contributed by atoms with Crippen molar-refractivity contribution in [2.75, 3.05) is 41.3 Å². The van der Waals surface area contributed by atoms with E-state index in [-0.39, 0.29) is 24.0 Å². The molecule has 0 saturated heterocycles. The van der Waals surface area contributed by atoms with Crippen molar-refractivity contribution in [3.05, 3.63) is 72.2 Å². The Balaban J connectivity index is 0.00000363. The second-order valence-corrected chi connectivity index (χ2v) is 7.63. The molecule has 3 rings (SSSR count). The van der Waals surface area contributed by atoms with Crippen LogP contribution in [0.1, 0.15) is 11.4 Å². The molecule has 0 radical (unpaired) electrons. The van der Waals surface area contributed by atoms with E-state index in [0.29, 0.717) is 19.7 Å². The molecular weight excluding hydrogens is 515 g/mol. The molecule has 0 unspecified atom stereocenters. The normalized spacial score (nSPS) is 11.2. The first-order chi connectivity index (χ1) is 15.1. The molecule has 0 aliphatic heterocycles. The van der Waals surface area contributed by atoms with Gasteiger partial charge in [-0.25, -0.2) is 4.98 Å². The lowest BCUT2D eigenvalue weighted by Gasteiger charge is -2.22. The number of aromatic nitrogens is 2. The summed E-state index contributed by atoms with van der Waals surface area (Å²) < 4.78 is 5.96. The van der Waals surface area contributed by atoms with E-state index in [9.17, 15) is 0 Å². The molecule has 0 aliphatic rings. The summed E-state index contributed by atoms with van der Waals surface area (Å²) in [5.41, 5.74) is 3.23. The quantitative estimate of drug-likeness (QED) is 0.242. The van der Waals surface area contributed by atoms with Crippen LogP contribution in [-0.4, -0.2) is 67.1 Å². The summed E-state index contributed by atoms with van der Waals surface area (Å²) in [6.07, 6.45) is 1.87. The highest BCUT2D eigenvalue weighted by molar-refractivity contribution is 14.0. The Labute approximate surface area is 207 Å². The van der Waals surface area contributed by atoms with E-state index in [1.165, 1.54) is 0 Å². The zero-order chi connectivity index (χ0) is 22.1. The Hall–Kier alpha value is -2.59. The molecule has 172 valence electrons. The third kappa shape index (κ3) is 7.52. The van der Waals surface area contributed by atoms with Crippen LogP contribution in [0.2, 0.25) is 0 Å². The number of halogens is 1. The minimum absolute atomic E-state index is 0. The molecule has 1 aromatic heterocycles. The zero-order valence-corrected chi connectivity index (χ0v) is 21.5. The largest absolute Gasteiger partial charge is 0.492 e. The molecular formula is C24H33IN6O. The van der Waals surface area contributed by atoms with Crippen molar-refractivity contribution in [2.24, 2.45) is 4.99 Å². The van der Waals surface area contributed by atoms with Gasteiger partial charge >= 0.3 is 0 Å².